The highest BCUT2D eigenvalue weighted by atomic mass is 19.1. The van der Waals surface area contributed by atoms with E-state index in [1.54, 1.807) is 30.3 Å². The molecule has 0 saturated carbocycles. The van der Waals surface area contributed by atoms with Crippen LogP contribution in [-0.4, -0.2) is 72.4 Å². The van der Waals surface area contributed by atoms with Crippen molar-refractivity contribution in [3.8, 4) is 22.6 Å². The number of carbonyl (C=O) groups is 1. The number of hydrogen-bond donors (Lipinski definition) is 1. The fourth-order valence-corrected chi connectivity index (χ4v) is 6.54. The Morgan fingerprint density at radius 1 is 1.00 bits per heavy atom. The lowest BCUT2D eigenvalue weighted by Crippen LogP contribution is -2.41. The van der Waals surface area contributed by atoms with Crippen molar-refractivity contribution in [3.05, 3.63) is 146 Å². The van der Waals surface area contributed by atoms with Crippen molar-refractivity contribution >= 4 is 34.4 Å². The van der Waals surface area contributed by atoms with Crippen LogP contribution in [0.3, 0.4) is 0 Å². The van der Waals surface area contributed by atoms with E-state index in [1.165, 1.54) is 43.3 Å². The van der Waals surface area contributed by atoms with E-state index in [-0.39, 0.29) is 41.6 Å². The summed E-state index contributed by atoms with van der Waals surface area (Å²) in [6, 6.07) is 20.7. The van der Waals surface area contributed by atoms with Crippen molar-refractivity contribution in [2.75, 3.05) is 46.7 Å². The monoisotopic (exact) mass is 749 g/mol. The van der Waals surface area contributed by atoms with Crippen LogP contribution >= 0.6 is 0 Å². The van der Waals surface area contributed by atoms with Gasteiger partial charge < -0.3 is 34.0 Å². The molecule has 0 unspecified atom stereocenters. The molecule has 1 aliphatic heterocycles. The summed E-state index contributed by atoms with van der Waals surface area (Å²) in [6.07, 6.45) is 6.82. The first-order valence-corrected chi connectivity index (χ1v) is 17.3. The van der Waals surface area contributed by atoms with E-state index in [9.17, 15) is 19.7 Å². The third-order valence-corrected chi connectivity index (χ3v) is 9.14. The molecular weight excluding hydrogens is 710 g/mol. The number of pyridine rings is 2. The fourth-order valence-electron chi connectivity index (χ4n) is 6.54. The van der Waals surface area contributed by atoms with Gasteiger partial charge in [-0.15, -0.1) is 0 Å². The second-order valence-electron chi connectivity index (χ2n) is 13.7. The molecular formula is C41H39F2N6O6+. The van der Waals surface area contributed by atoms with Gasteiger partial charge in [0.05, 0.1) is 63.6 Å². The molecule has 282 valence electrons. The highest BCUT2D eigenvalue weighted by Gasteiger charge is 2.28. The maximum Gasteiger partial charge on any atom is 0.368 e. The Bertz CT molecular complexity index is 2410. The van der Waals surface area contributed by atoms with Crippen molar-refractivity contribution in [2.45, 2.75) is 19.4 Å². The number of methoxy groups -OCH3 is 2. The third-order valence-electron chi connectivity index (χ3n) is 9.14. The quantitative estimate of drug-likeness (QED) is 0.0531. The molecule has 0 fully saturated rings. The van der Waals surface area contributed by atoms with E-state index >= 15 is 8.78 Å². The number of ketones is 1. The summed E-state index contributed by atoms with van der Waals surface area (Å²) in [6.45, 7) is 0.872. The van der Waals surface area contributed by atoms with Crippen LogP contribution < -0.4 is 20.3 Å². The molecule has 0 atom stereocenters. The van der Waals surface area contributed by atoms with E-state index in [0.29, 0.717) is 57.4 Å². The van der Waals surface area contributed by atoms with Crippen molar-refractivity contribution in [1.29, 1.82) is 0 Å². The molecule has 14 heteroatoms. The van der Waals surface area contributed by atoms with Crippen molar-refractivity contribution in [1.82, 2.24) is 9.55 Å². The first-order valence-electron chi connectivity index (χ1n) is 17.3. The minimum Gasteiger partial charge on any atom is -0.494 e. The van der Waals surface area contributed by atoms with E-state index in [2.05, 4.69) is 15.3 Å². The van der Waals surface area contributed by atoms with Gasteiger partial charge in [-0.3, -0.25) is 9.59 Å². The van der Waals surface area contributed by atoms with Crippen LogP contribution in [0.15, 0.2) is 112 Å². The molecule has 0 spiro atoms. The Hall–Kier alpha value is -6.54. The van der Waals surface area contributed by atoms with Gasteiger partial charge >= 0.3 is 5.82 Å². The standard InChI is InChI=1S/C41H38F2N6O6/c1-49(2,25-28-15-16-44-40(28)48(52)53)17-9-14-31(50)19-26-10-8-11-27(18-26)24-47-33-21-36(46-30-12-6-5-7-13-30)45-23-29(33)20-32(41(47)51)37-38(42)34(54-3)22-35(55-4)39(37)43/h5-14,16,18,20-23H,15,17,19,24-25H2,1-4H3/p+1/b14-9+. The van der Waals surface area contributed by atoms with Gasteiger partial charge in [0.1, 0.15) is 18.6 Å². The first kappa shape index (κ1) is 38.2. The van der Waals surface area contributed by atoms with Crippen LogP contribution in [0.25, 0.3) is 22.0 Å². The molecule has 55 heavy (non-hydrogen) atoms. The fraction of sp³-hybridized carbons (Fsp3) is 0.220. The number of carbonyl (C=O) groups excluding carboxylic acids is 1. The summed E-state index contributed by atoms with van der Waals surface area (Å²) in [5.74, 6) is -2.52. The number of rotatable bonds is 15. The number of aromatic nitrogens is 2. The number of benzene rings is 3. The van der Waals surface area contributed by atoms with Gasteiger partial charge in [-0.05, 0) is 46.4 Å². The predicted octanol–water partition coefficient (Wildman–Crippen LogP) is 6.86. The molecule has 6 rings (SSSR count). The average molecular weight is 750 g/mol. The van der Waals surface area contributed by atoms with E-state index in [1.807, 2.05) is 50.5 Å². The Morgan fingerprint density at radius 2 is 1.71 bits per heavy atom. The second kappa shape index (κ2) is 16.2. The normalized spacial score (nSPS) is 12.8. The zero-order valence-electron chi connectivity index (χ0n) is 30.7. The predicted molar refractivity (Wildman–Crippen MR) is 207 cm³/mol. The summed E-state index contributed by atoms with van der Waals surface area (Å²) in [4.78, 5) is 46.7. The van der Waals surface area contributed by atoms with Crippen LogP contribution in [0.4, 0.5) is 20.3 Å². The molecule has 0 saturated heterocycles. The van der Waals surface area contributed by atoms with Crippen molar-refractivity contribution < 1.29 is 32.5 Å². The largest absolute Gasteiger partial charge is 0.494 e. The number of quaternary nitrogens is 1. The number of ether oxygens (including phenoxy) is 2. The Balaban J connectivity index is 1.31. The van der Waals surface area contributed by atoms with Crippen LogP contribution in [0, 0.1) is 21.7 Å². The highest BCUT2D eigenvalue weighted by molar-refractivity contribution is 5.91. The summed E-state index contributed by atoms with van der Waals surface area (Å²) < 4.78 is 43.7. The molecule has 3 aromatic carbocycles. The molecule has 2 aromatic heterocycles. The minimum atomic E-state index is -1.05. The summed E-state index contributed by atoms with van der Waals surface area (Å²) in [7, 11) is 6.31. The number of allylic oxidation sites excluding steroid dienone is 1. The van der Waals surface area contributed by atoms with Gasteiger partial charge in [0.2, 0.25) is 0 Å². The Morgan fingerprint density at radius 3 is 2.40 bits per heavy atom. The SMILES string of the molecule is COc1cc(OC)c(F)c(-c2cc3cnc(Nc4ccccc4)cc3n(Cc3cccc(CC(=O)/C=C/C[N+](C)(C)CC4=C([N+](=O)[O-])N=CC4)c3)c2=O)c1F. The van der Waals surface area contributed by atoms with Gasteiger partial charge in [0.15, 0.2) is 28.9 Å². The third kappa shape index (κ3) is 8.65. The van der Waals surface area contributed by atoms with Crippen molar-refractivity contribution in [3.63, 3.8) is 0 Å². The number of nitrogens with zero attached hydrogens (tertiary/aromatic N) is 5. The van der Waals surface area contributed by atoms with Crippen LogP contribution in [-0.2, 0) is 17.8 Å². The molecule has 0 aliphatic carbocycles. The van der Waals surface area contributed by atoms with E-state index in [4.69, 9.17) is 9.47 Å². The molecule has 0 radical (unpaired) electrons. The number of nitro groups is 1. The van der Waals surface area contributed by atoms with Crippen LogP contribution in [0.2, 0.25) is 0 Å². The maximum absolute atomic E-state index is 15.8. The smallest absolute Gasteiger partial charge is 0.368 e. The number of halogens is 2. The zero-order chi connectivity index (χ0) is 39.3. The second-order valence-corrected chi connectivity index (χ2v) is 13.7. The number of fused-ring (bicyclic) bond motifs is 1. The van der Waals surface area contributed by atoms with Gasteiger partial charge in [-0.1, -0.05) is 47.5 Å². The minimum absolute atomic E-state index is 0.00243. The number of hydrogen-bond acceptors (Lipinski definition) is 9. The molecule has 5 aromatic rings. The highest BCUT2D eigenvalue weighted by Crippen LogP contribution is 2.37. The molecule has 12 nitrogen and oxygen atoms in total. The van der Waals surface area contributed by atoms with Gasteiger partial charge in [0, 0.05) is 42.2 Å². The maximum atomic E-state index is 15.8. The number of nitrogens with one attached hydrogen (secondary N) is 1. The lowest BCUT2D eigenvalue weighted by Gasteiger charge is -2.28. The number of para-hydroxylation sites is 1. The molecule has 1 aliphatic rings. The number of likely N-dealkylation sites (N-methyl/N-ethyl adjacent to an activating group) is 1. The molecule has 1 N–H and O–H groups in total. The van der Waals surface area contributed by atoms with E-state index in [0.717, 1.165) is 11.8 Å². The Labute approximate surface area is 315 Å². The summed E-state index contributed by atoms with van der Waals surface area (Å²) in [5.41, 5.74) is 1.70. The van der Waals surface area contributed by atoms with E-state index < -0.39 is 27.7 Å². The topological polar surface area (TPSA) is 138 Å². The molecule has 3 heterocycles. The lowest BCUT2D eigenvalue weighted by atomic mass is 10.0. The zero-order valence-corrected chi connectivity index (χ0v) is 30.7. The van der Waals surface area contributed by atoms with Crippen LogP contribution in [0.1, 0.15) is 17.5 Å². The number of anilines is 2. The first-order chi connectivity index (χ1) is 26.4. The lowest BCUT2D eigenvalue weighted by molar-refractivity contribution is -0.880. The van der Waals surface area contributed by atoms with Gasteiger partial charge in [0.25, 0.3) is 5.56 Å². The molecule has 0 amide bonds. The van der Waals surface area contributed by atoms with Crippen molar-refractivity contribution in [2.24, 2.45) is 4.99 Å². The van der Waals surface area contributed by atoms with Gasteiger partial charge in [-0.2, -0.15) is 0 Å². The van der Waals surface area contributed by atoms with Gasteiger partial charge in [-0.25, -0.2) is 13.8 Å². The average Bonchev–Trinajstić information content (AvgIpc) is 3.62. The summed E-state index contributed by atoms with van der Waals surface area (Å²) >= 11 is 0. The van der Waals surface area contributed by atoms with Crippen LogP contribution in [0.5, 0.6) is 11.5 Å². The Kier molecular flexibility index (Phi) is 11.3. The molecule has 0 bridgehead atoms. The number of aliphatic imine (C=N–C) groups is 1. The summed E-state index contributed by atoms with van der Waals surface area (Å²) in [5, 5.41) is 15.0.